The van der Waals surface area contributed by atoms with Gasteiger partial charge in [-0.2, -0.15) is 4.31 Å². The predicted octanol–water partition coefficient (Wildman–Crippen LogP) is 3.11. The molecule has 27 heavy (non-hydrogen) atoms. The molecule has 3 rings (SSSR count). The maximum atomic E-state index is 12.4. The lowest BCUT2D eigenvalue weighted by Crippen LogP contribution is -2.33. The number of pyridine rings is 1. The first-order valence-electron chi connectivity index (χ1n) is 8.29. The van der Waals surface area contributed by atoms with Crippen LogP contribution in [0.3, 0.4) is 0 Å². The molecule has 1 N–H and O–H groups in total. The molecule has 2 aromatic carbocycles. The van der Waals surface area contributed by atoms with Gasteiger partial charge in [0.05, 0.1) is 17.7 Å². The van der Waals surface area contributed by atoms with Crippen molar-refractivity contribution in [1.29, 1.82) is 0 Å². The van der Waals surface area contributed by atoms with Gasteiger partial charge in [-0.1, -0.05) is 48.5 Å². The fourth-order valence-corrected chi connectivity index (χ4v) is 3.35. The van der Waals surface area contributed by atoms with Gasteiger partial charge < -0.3 is 5.32 Å². The maximum absolute atomic E-state index is 12.4. The third kappa shape index (κ3) is 4.78. The third-order valence-electron chi connectivity index (χ3n) is 3.94. The molecule has 3 aromatic rings. The van der Waals surface area contributed by atoms with Gasteiger partial charge in [-0.25, -0.2) is 8.42 Å². The van der Waals surface area contributed by atoms with Crippen molar-refractivity contribution in [3.63, 3.8) is 0 Å². The summed E-state index contributed by atoms with van der Waals surface area (Å²) in [7, 11) is -2.35. The number of sulfonamides is 1. The van der Waals surface area contributed by atoms with E-state index in [0.717, 1.165) is 20.7 Å². The number of hydrogen-bond acceptors (Lipinski definition) is 4. The van der Waals surface area contributed by atoms with Gasteiger partial charge in [0.1, 0.15) is 0 Å². The molecule has 0 bridgehead atoms. The van der Waals surface area contributed by atoms with E-state index in [9.17, 15) is 13.2 Å². The number of nitrogens with zero attached hydrogens (tertiary/aromatic N) is 2. The third-order valence-corrected chi connectivity index (χ3v) is 5.42. The zero-order chi connectivity index (χ0) is 19.3. The molecule has 0 saturated carbocycles. The molecule has 0 aliphatic rings. The number of carbonyl (C=O) groups excluding carboxylic acids is 1. The zero-order valence-corrected chi connectivity index (χ0v) is 15.6. The molecule has 0 aliphatic heterocycles. The molecule has 138 valence electrons. The Morgan fingerprint density at radius 2 is 1.81 bits per heavy atom. The van der Waals surface area contributed by atoms with E-state index in [1.807, 2.05) is 42.5 Å². The van der Waals surface area contributed by atoms with Crippen LogP contribution in [-0.4, -0.2) is 37.2 Å². The SMILES string of the molecule is CN(CC(=O)Nc1cccc2cccnc12)S(=O)(=O)C=Cc1ccccc1. The monoisotopic (exact) mass is 381 g/mol. The van der Waals surface area contributed by atoms with Crippen LogP contribution in [0, 0.1) is 0 Å². The molecule has 0 saturated heterocycles. The summed E-state index contributed by atoms with van der Waals surface area (Å²) in [6.45, 7) is -0.301. The number of benzene rings is 2. The summed E-state index contributed by atoms with van der Waals surface area (Å²) in [5.41, 5.74) is 1.97. The molecular weight excluding hydrogens is 362 g/mol. The summed E-state index contributed by atoms with van der Waals surface area (Å²) in [5, 5.41) is 4.71. The Labute approximate surface area is 158 Å². The normalized spacial score (nSPS) is 11.9. The van der Waals surface area contributed by atoms with E-state index in [2.05, 4.69) is 10.3 Å². The number of para-hydroxylation sites is 1. The van der Waals surface area contributed by atoms with Crippen molar-refractivity contribution in [2.45, 2.75) is 0 Å². The van der Waals surface area contributed by atoms with Crippen LogP contribution in [-0.2, 0) is 14.8 Å². The van der Waals surface area contributed by atoms with Gasteiger partial charge >= 0.3 is 0 Å². The van der Waals surface area contributed by atoms with E-state index in [0.29, 0.717) is 11.2 Å². The first-order chi connectivity index (χ1) is 13.0. The number of fused-ring (bicyclic) bond motifs is 1. The molecule has 6 nitrogen and oxygen atoms in total. The average molecular weight is 381 g/mol. The largest absolute Gasteiger partial charge is 0.323 e. The molecule has 1 amide bonds. The molecule has 1 heterocycles. The molecule has 0 aliphatic carbocycles. The van der Waals surface area contributed by atoms with Crippen molar-refractivity contribution in [3.8, 4) is 0 Å². The second kappa shape index (κ2) is 8.11. The number of rotatable bonds is 6. The molecule has 0 radical (unpaired) electrons. The van der Waals surface area contributed by atoms with Crippen molar-refractivity contribution in [2.24, 2.45) is 0 Å². The first kappa shape index (κ1) is 18.8. The van der Waals surface area contributed by atoms with Gasteiger partial charge in [-0.05, 0) is 23.8 Å². The fourth-order valence-electron chi connectivity index (χ4n) is 2.52. The summed E-state index contributed by atoms with van der Waals surface area (Å²) in [4.78, 5) is 16.6. The Balaban J connectivity index is 1.68. The zero-order valence-electron chi connectivity index (χ0n) is 14.7. The van der Waals surface area contributed by atoms with Crippen LogP contribution in [0.15, 0.2) is 72.3 Å². The van der Waals surface area contributed by atoms with Crippen molar-refractivity contribution >= 4 is 38.6 Å². The number of anilines is 1. The summed E-state index contributed by atoms with van der Waals surface area (Å²) >= 11 is 0. The van der Waals surface area contributed by atoms with Crippen LogP contribution in [0.4, 0.5) is 5.69 Å². The standard InChI is InChI=1S/C20H19N3O3S/c1-23(27(25,26)14-12-16-7-3-2-4-8-16)15-19(24)22-18-11-5-9-17-10-6-13-21-20(17)18/h2-14H,15H2,1H3,(H,22,24). The Hall–Kier alpha value is -3.03. The minimum absolute atomic E-state index is 0.301. The minimum Gasteiger partial charge on any atom is -0.323 e. The van der Waals surface area contributed by atoms with Crippen LogP contribution in [0.2, 0.25) is 0 Å². The molecule has 0 atom stereocenters. The number of carbonyl (C=O) groups is 1. The van der Waals surface area contributed by atoms with Gasteiger partial charge in [-0.3, -0.25) is 9.78 Å². The average Bonchev–Trinajstić information content (AvgIpc) is 2.67. The van der Waals surface area contributed by atoms with Crippen LogP contribution in [0.5, 0.6) is 0 Å². The van der Waals surface area contributed by atoms with E-state index in [1.165, 1.54) is 13.1 Å². The van der Waals surface area contributed by atoms with Crippen LogP contribution < -0.4 is 5.32 Å². The number of amides is 1. The van der Waals surface area contributed by atoms with Gasteiger partial charge in [0.15, 0.2) is 0 Å². The first-order valence-corrected chi connectivity index (χ1v) is 9.79. The Morgan fingerprint density at radius 1 is 1.07 bits per heavy atom. The minimum atomic E-state index is -3.71. The highest BCUT2D eigenvalue weighted by molar-refractivity contribution is 7.92. The number of nitrogens with one attached hydrogen (secondary N) is 1. The van der Waals surface area contributed by atoms with Gasteiger partial charge in [0.2, 0.25) is 15.9 Å². The smallest absolute Gasteiger partial charge is 0.239 e. The lowest BCUT2D eigenvalue weighted by atomic mass is 10.2. The lowest BCUT2D eigenvalue weighted by molar-refractivity contribution is -0.116. The van der Waals surface area contributed by atoms with Gasteiger partial charge in [0.25, 0.3) is 0 Å². The lowest BCUT2D eigenvalue weighted by Gasteiger charge is -2.15. The summed E-state index contributed by atoms with van der Waals surface area (Å²) < 4.78 is 25.7. The predicted molar refractivity (Wildman–Crippen MR) is 107 cm³/mol. The highest BCUT2D eigenvalue weighted by Gasteiger charge is 2.18. The number of hydrogen-bond donors (Lipinski definition) is 1. The molecule has 1 aromatic heterocycles. The van der Waals surface area contributed by atoms with Crippen molar-refractivity contribution in [2.75, 3.05) is 18.9 Å². The van der Waals surface area contributed by atoms with Crippen LogP contribution >= 0.6 is 0 Å². The summed E-state index contributed by atoms with van der Waals surface area (Å²) in [6.07, 6.45) is 3.14. The Bertz CT molecular complexity index is 1070. The van der Waals surface area contributed by atoms with Gasteiger partial charge in [0, 0.05) is 24.0 Å². The van der Waals surface area contributed by atoms with Gasteiger partial charge in [-0.15, -0.1) is 0 Å². The van der Waals surface area contributed by atoms with Crippen molar-refractivity contribution < 1.29 is 13.2 Å². The Morgan fingerprint density at radius 3 is 2.59 bits per heavy atom. The number of likely N-dealkylation sites (N-methyl/N-ethyl adjacent to an activating group) is 1. The van der Waals surface area contributed by atoms with E-state index in [1.54, 1.807) is 24.4 Å². The number of aromatic nitrogens is 1. The molecule has 7 heteroatoms. The molecular formula is C20H19N3O3S. The highest BCUT2D eigenvalue weighted by atomic mass is 32.2. The highest BCUT2D eigenvalue weighted by Crippen LogP contribution is 2.20. The van der Waals surface area contributed by atoms with E-state index < -0.39 is 15.9 Å². The topological polar surface area (TPSA) is 79.4 Å². The van der Waals surface area contributed by atoms with E-state index in [-0.39, 0.29) is 6.54 Å². The summed E-state index contributed by atoms with van der Waals surface area (Å²) in [6, 6.07) is 18.2. The van der Waals surface area contributed by atoms with E-state index >= 15 is 0 Å². The Kier molecular flexibility index (Phi) is 5.63. The molecule has 0 unspecified atom stereocenters. The van der Waals surface area contributed by atoms with Crippen molar-refractivity contribution in [3.05, 3.63) is 77.8 Å². The van der Waals surface area contributed by atoms with Crippen molar-refractivity contribution in [1.82, 2.24) is 9.29 Å². The molecule has 0 spiro atoms. The van der Waals surface area contributed by atoms with Crippen LogP contribution in [0.25, 0.3) is 17.0 Å². The second-order valence-corrected chi connectivity index (χ2v) is 7.87. The summed E-state index contributed by atoms with van der Waals surface area (Å²) in [5.74, 6) is -0.438. The maximum Gasteiger partial charge on any atom is 0.239 e. The van der Waals surface area contributed by atoms with Crippen LogP contribution in [0.1, 0.15) is 5.56 Å². The van der Waals surface area contributed by atoms with E-state index in [4.69, 9.17) is 0 Å². The fraction of sp³-hybridized carbons (Fsp3) is 0.100. The molecule has 0 fully saturated rings. The second-order valence-electron chi connectivity index (χ2n) is 5.94. The quantitative estimate of drug-likeness (QED) is 0.712.